The molecule has 0 aromatic carbocycles. The van der Waals surface area contributed by atoms with Crippen molar-refractivity contribution in [2.24, 2.45) is 5.92 Å². The van der Waals surface area contributed by atoms with Crippen LogP contribution in [-0.4, -0.2) is 16.4 Å². The van der Waals surface area contributed by atoms with Crippen LogP contribution in [0, 0.1) is 5.92 Å². The maximum atomic E-state index is 12.2. The molecule has 0 N–H and O–H groups in total. The Balaban J connectivity index is 3.98. The van der Waals surface area contributed by atoms with Gasteiger partial charge in [-0.2, -0.15) is 0 Å². The fourth-order valence-electron chi connectivity index (χ4n) is 0.804. The monoisotopic (exact) mass is 242 g/mol. The van der Waals surface area contributed by atoms with Crippen molar-refractivity contribution < 1.29 is 8.78 Å². The zero-order valence-electron chi connectivity index (χ0n) is 9.51. The summed E-state index contributed by atoms with van der Waals surface area (Å²) in [5, 5.41) is 0.0548. The highest BCUT2D eigenvalue weighted by molar-refractivity contribution is 8.77. The van der Waals surface area contributed by atoms with E-state index in [1.807, 2.05) is 13.8 Å². The summed E-state index contributed by atoms with van der Waals surface area (Å²) in [6, 6.07) is 0. The molecule has 0 saturated heterocycles. The molecule has 0 bridgehead atoms. The van der Waals surface area contributed by atoms with Crippen molar-refractivity contribution in [1.29, 1.82) is 0 Å². The van der Waals surface area contributed by atoms with E-state index < -0.39 is 6.43 Å². The second-order valence-electron chi connectivity index (χ2n) is 4.70. The second kappa shape index (κ2) is 6.21. The van der Waals surface area contributed by atoms with Gasteiger partial charge in [0.2, 0.25) is 6.43 Å². The van der Waals surface area contributed by atoms with Crippen LogP contribution < -0.4 is 0 Å². The Morgan fingerprint density at radius 1 is 1.14 bits per heavy atom. The van der Waals surface area contributed by atoms with Crippen LogP contribution in [0.25, 0.3) is 0 Å². The predicted molar refractivity (Wildman–Crippen MR) is 64.2 cm³/mol. The Bertz CT molecular complexity index is 153. The van der Waals surface area contributed by atoms with Crippen LogP contribution >= 0.6 is 21.6 Å². The van der Waals surface area contributed by atoms with Crippen molar-refractivity contribution in [1.82, 2.24) is 0 Å². The van der Waals surface area contributed by atoms with Crippen molar-refractivity contribution in [3.8, 4) is 0 Å². The lowest BCUT2D eigenvalue weighted by Crippen LogP contribution is -2.16. The number of hydrogen-bond donors (Lipinski definition) is 0. The molecule has 1 atom stereocenters. The summed E-state index contributed by atoms with van der Waals surface area (Å²) in [7, 11) is 3.30. The van der Waals surface area contributed by atoms with Crippen LogP contribution in [0.3, 0.4) is 0 Å². The molecular weight excluding hydrogens is 222 g/mol. The smallest absolute Gasteiger partial charge is 0.210 e. The third-order valence-corrected chi connectivity index (χ3v) is 5.69. The van der Waals surface area contributed by atoms with Gasteiger partial charge in [0.25, 0.3) is 0 Å². The first-order valence-electron chi connectivity index (χ1n) is 4.85. The molecule has 4 heteroatoms. The first kappa shape index (κ1) is 14.6. The van der Waals surface area contributed by atoms with E-state index in [0.29, 0.717) is 5.92 Å². The fraction of sp³-hybridized carbons (Fsp3) is 1.00. The van der Waals surface area contributed by atoms with E-state index >= 15 is 0 Å². The molecule has 0 saturated carbocycles. The minimum Gasteiger partial charge on any atom is -0.210 e. The average Bonchev–Trinajstić information content (AvgIpc) is 1.94. The molecule has 0 aliphatic heterocycles. The lowest BCUT2D eigenvalue weighted by atomic mass is 10.1. The van der Waals surface area contributed by atoms with Crippen LogP contribution in [0.15, 0.2) is 0 Å². The standard InChI is InChI=1S/C10H20F2S2/c1-7(2)8(6-9(11)12)13-14-10(3,4)5/h7-9H,6H2,1-5H3/t8-/m0/s1. The minimum atomic E-state index is -2.18. The third kappa shape index (κ3) is 7.92. The van der Waals surface area contributed by atoms with E-state index in [0.717, 1.165) is 0 Å². The summed E-state index contributed by atoms with van der Waals surface area (Å²) >= 11 is 0. The Kier molecular flexibility index (Phi) is 6.46. The minimum absolute atomic E-state index is 0.00537. The Morgan fingerprint density at radius 2 is 1.64 bits per heavy atom. The predicted octanol–water partition coefficient (Wildman–Crippen LogP) is 4.85. The van der Waals surface area contributed by atoms with Gasteiger partial charge < -0.3 is 0 Å². The van der Waals surface area contributed by atoms with Crippen LogP contribution in [0.1, 0.15) is 41.0 Å². The van der Waals surface area contributed by atoms with Gasteiger partial charge in [-0.25, -0.2) is 8.78 Å². The molecule has 0 spiro atoms. The summed E-state index contributed by atoms with van der Waals surface area (Å²) in [4.78, 5) is 0. The zero-order valence-corrected chi connectivity index (χ0v) is 11.1. The molecule has 0 fully saturated rings. The molecule has 14 heavy (non-hydrogen) atoms. The number of halogens is 2. The summed E-state index contributed by atoms with van der Waals surface area (Å²) in [6.45, 7) is 10.3. The molecule has 0 aromatic rings. The van der Waals surface area contributed by atoms with Gasteiger partial charge in [0.1, 0.15) is 0 Å². The number of rotatable bonds is 5. The second-order valence-corrected chi connectivity index (χ2v) is 7.97. The lowest BCUT2D eigenvalue weighted by Gasteiger charge is -2.24. The van der Waals surface area contributed by atoms with Crippen molar-refractivity contribution in [3.63, 3.8) is 0 Å². The molecule has 86 valence electrons. The molecule has 0 heterocycles. The van der Waals surface area contributed by atoms with Crippen molar-refractivity contribution in [2.45, 2.75) is 57.5 Å². The summed E-state index contributed by atoms with van der Waals surface area (Å²) in [5.74, 6) is 0.309. The summed E-state index contributed by atoms with van der Waals surface area (Å²) < 4.78 is 24.6. The van der Waals surface area contributed by atoms with Gasteiger partial charge >= 0.3 is 0 Å². The maximum Gasteiger partial charge on any atom is 0.239 e. The molecule has 0 radical (unpaired) electrons. The highest BCUT2D eigenvalue weighted by Gasteiger charge is 2.22. The number of hydrogen-bond acceptors (Lipinski definition) is 2. The van der Waals surface area contributed by atoms with Crippen molar-refractivity contribution in [3.05, 3.63) is 0 Å². The van der Waals surface area contributed by atoms with Gasteiger partial charge in [-0.1, -0.05) is 56.2 Å². The molecule has 0 nitrogen and oxygen atoms in total. The van der Waals surface area contributed by atoms with E-state index in [2.05, 4.69) is 20.8 Å². The molecular formula is C10H20F2S2. The van der Waals surface area contributed by atoms with Gasteiger partial charge in [0.05, 0.1) is 0 Å². The van der Waals surface area contributed by atoms with Gasteiger partial charge in [-0.15, -0.1) is 0 Å². The van der Waals surface area contributed by atoms with E-state index in [1.54, 1.807) is 21.6 Å². The summed E-state index contributed by atoms with van der Waals surface area (Å²) in [5.41, 5.74) is 0. The first-order valence-corrected chi connectivity index (χ1v) is 7.06. The van der Waals surface area contributed by atoms with Crippen LogP contribution in [-0.2, 0) is 0 Å². The van der Waals surface area contributed by atoms with Crippen LogP contribution in [0.4, 0.5) is 8.78 Å². The van der Waals surface area contributed by atoms with Crippen molar-refractivity contribution >= 4 is 21.6 Å². The van der Waals surface area contributed by atoms with Gasteiger partial charge in [-0.05, 0) is 5.92 Å². The number of alkyl halides is 2. The largest absolute Gasteiger partial charge is 0.239 e. The summed E-state index contributed by atoms with van der Waals surface area (Å²) in [6.07, 6.45) is -2.18. The normalized spacial score (nSPS) is 15.2. The van der Waals surface area contributed by atoms with E-state index in [-0.39, 0.29) is 16.4 Å². The molecule has 0 rings (SSSR count). The third-order valence-electron chi connectivity index (χ3n) is 1.58. The average molecular weight is 242 g/mol. The van der Waals surface area contributed by atoms with Crippen LogP contribution in [0.5, 0.6) is 0 Å². The zero-order chi connectivity index (χ0) is 11.4. The van der Waals surface area contributed by atoms with E-state index in [9.17, 15) is 8.78 Å². The topological polar surface area (TPSA) is 0 Å². The molecule has 0 amide bonds. The van der Waals surface area contributed by atoms with E-state index in [4.69, 9.17) is 0 Å². The highest BCUT2D eigenvalue weighted by Crippen LogP contribution is 2.41. The molecule has 0 aliphatic carbocycles. The maximum absolute atomic E-state index is 12.2. The first-order chi connectivity index (χ1) is 6.22. The highest BCUT2D eigenvalue weighted by atomic mass is 33.1. The van der Waals surface area contributed by atoms with Gasteiger partial charge in [0, 0.05) is 16.4 Å². The molecule has 0 unspecified atom stereocenters. The Labute approximate surface area is 94.0 Å². The lowest BCUT2D eigenvalue weighted by molar-refractivity contribution is 0.132. The van der Waals surface area contributed by atoms with Crippen LogP contribution in [0.2, 0.25) is 0 Å². The Morgan fingerprint density at radius 3 is 1.93 bits per heavy atom. The SMILES string of the molecule is CC(C)[C@H](CC(F)F)SSC(C)(C)C. The molecule has 0 aliphatic rings. The van der Waals surface area contributed by atoms with Crippen molar-refractivity contribution in [2.75, 3.05) is 0 Å². The van der Waals surface area contributed by atoms with Gasteiger partial charge in [-0.3, -0.25) is 0 Å². The fourth-order valence-corrected chi connectivity index (χ4v) is 3.80. The van der Waals surface area contributed by atoms with Gasteiger partial charge in [0.15, 0.2) is 0 Å². The Hall–Kier alpha value is 0.560. The quantitative estimate of drug-likeness (QED) is 0.632. The molecule has 0 aromatic heterocycles. The van der Waals surface area contributed by atoms with E-state index in [1.165, 1.54) is 0 Å².